The van der Waals surface area contributed by atoms with Crippen molar-refractivity contribution in [3.63, 3.8) is 0 Å². The molecule has 0 unspecified atom stereocenters. The topological polar surface area (TPSA) is 55.1 Å². The van der Waals surface area contributed by atoms with Gasteiger partial charge in [0.2, 0.25) is 0 Å². The second-order valence-electron chi connectivity index (χ2n) is 4.41. The number of hydrogen-bond donors (Lipinski definition) is 2. The molecule has 3 nitrogen and oxygen atoms in total. The van der Waals surface area contributed by atoms with E-state index in [4.69, 9.17) is 41.2 Å². The van der Waals surface area contributed by atoms with Crippen molar-refractivity contribution in [2.75, 3.05) is 0 Å². The van der Waals surface area contributed by atoms with Gasteiger partial charge in [-0.2, -0.15) is 0 Å². The second-order valence-corrected chi connectivity index (χ2v) is 5.72. The summed E-state index contributed by atoms with van der Waals surface area (Å²) >= 11 is 16.7. The predicted molar refractivity (Wildman–Crippen MR) is 90.0 cm³/mol. The number of hydrogen-bond acceptors (Lipinski definition) is 2. The van der Waals surface area contributed by atoms with E-state index in [0.29, 0.717) is 27.1 Å². The smallest absolute Gasteiger partial charge is 0.251 e. The molecule has 0 aromatic heterocycles. The standard InChI is InChI=1S/C15H12Cl2N2OS/c16-12-5-11(6-13(17)7-12)15(20)19-8-9-2-1-3-10(4-9)14(18)21/h1-7H,8H2,(H2,18,21)(H,19,20). The summed E-state index contributed by atoms with van der Waals surface area (Å²) in [6.45, 7) is 0.361. The van der Waals surface area contributed by atoms with Crippen molar-refractivity contribution in [1.82, 2.24) is 5.32 Å². The van der Waals surface area contributed by atoms with Crippen molar-refractivity contribution in [1.29, 1.82) is 0 Å². The molecule has 2 aromatic rings. The highest BCUT2D eigenvalue weighted by molar-refractivity contribution is 7.80. The fourth-order valence-electron chi connectivity index (χ4n) is 1.80. The molecule has 6 heteroatoms. The van der Waals surface area contributed by atoms with Crippen LogP contribution in [0.3, 0.4) is 0 Å². The van der Waals surface area contributed by atoms with Crippen LogP contribution in [0, 0.1) is 0 Å². The average Bonchev–Trinajstić information content (AvgIpc) is 2.44. The molecule has 0 saturated heterocycles. The van der Waals surface area contributed by atoms with Crippen molar-refractivity contribution in [3.8, 4) is 0 Å². The first-order valence-electron chi connectivity index (χ1n) is 6.09. The van der Waals surface area contributed by atoms with Gasteiger partial charge in [0.05, 0.1) is 0 Å². The number of amides is 1. The fraction of sp³-hybridized carbons (Fsp3) is 0.0667. The molecular weight excluding hydrogens is 327 g/mol. The molecule has 0 spiro atoms. The Labute approximate surface area is 138 Å². The molecular formula is C15H12Cl2N2OS. The highest BCUT2D eigenvalue weighted by Gasteiger charge is 2.08. The molecule has 0 heterocycles. The van der Waals surface area contributed by atoms with Gasteiger partial charge in [0.15, 0.2) is 0 Å². The van der Waals surface area contributed by atoms with E-state index < -0.39 is 0 Å². The van der Waals surface area contributed by atoms with E-state index in [1.54, 1.807) is 18.2 Å². The Balaban J connectivity index is 2.07. The van der Waals surface area contributed by atoms with Crippen molar-refractivity contribution in [2.45, 2.75) is 6.54 Å². The van der Waals surface area contributed by atoms with E-state index in [2.05, 4.69) is 5.32 Å². The molecule has 1 amide bonds. The molecule has 0 bridgehead atoms. The highest BCUT2D eigenvalue weighted by Crippen LogP contribution is 2.19. The number of benzene rings is 2. The van der Waals surface area contributed by atoms with Crippen LogP contribution in [0.1, 0.15) is 21.5 Å². The summed E-state index contributed by atoms with van der Waals surface area (Å²) in [7, 11) is 0. The summed E-state index contributed by atoms with van der Waals surface area (Å²) in [5.41, 5.74) is 7.66. The Kier molecular flexibility index (Phi) is 5.17. The lowest BCUT2D eigenvalue weighted by molar-refractivity contribution is 0.0951. The molecule has 0 radical (unpaired) electrons. The lowest BCUT2D eigenvalue weighted by Crippen LogP contribution is -2.23. The third-order valence-electron chi connectivity index (χ3n) is 2.79. The molecule has 0 fully saturated rings. The first-order valence-corrected chi connectivity index (χ1v) is 7.25. The largest absolute Gasteiger partial charge is 0.389 e. The number of nitrogens with one attached hydrogen (secondary N) is 1. The quantitative estimate of drug-likeness (QED) is 0.838. The molecule has 0 aliphatic carbocycles. The molecule has 0 atom stereocenters. The van der Waals surface area contributed by atoms with Gasteiger partial charge in [-0.15, -0.1) is 0 Å². The van der Waals surface area contributed by atoms with Gasteiger partial charge < -0.3 is 11.1 Å². The van der Waals surface area contributed by atoms with Gasteiger partial charge in [-0.3, -0.25) is 4.79 Å². The van der Waals surface area contributed by atoms with Crippen LogP contribution >= 0.6 is 35.4 Å². The average molecular weight is 339 g/mol. The van der Waals surface area contributed by atoms with Gasteiger partial charge in [-0.05, 0) is 29.8 Å². The minimum absolute atomic E-state index is 0.250. The van der Waals surface area contributed by atoms with Crippen LogP contribution in [0.5, 0.6) is 0 Å². The summed E-state index contributed by atoms with van der Waals surface area (Å²) in [5.74, 6) is -0.250. The van der Waals surface area contributed by atoms with E-state index in [1.807, 2.05) is 24.3 Å². The summed E-state index contributed by atoms with van der Waals surface area (Å²) in [6, 6.07) is 12.1. The first-order chi connectivity index (χ1) is 9.95. The van der Waals surface area contributed by atoms with Crippen molar-refractivity contribution in [3.05, 3.63) is 69.2 Å². The molecule has 0 aliphatic rings. The summed E-state index contributed by atoms with van der Waals surface area (Å²) in [5, 5.41) is 3.63. The molecule has 2 rings (SSSR count). The van der Waals surface area contributed by atoms with Gasteiger partial charge in [0.1, 0.15) is 4.99 Å². The maximum atomic E-state index is 12.1. The molecule has 3 N–H and O–H groups in total. The Morgan fingerprint density at radius 2 is 1.76 bits per heavy atom. The number of rotatable bonds is 4. The molecule has 108 valence electrons. The zero-order chi connectivity index (χ0) is 15.4. The second kappa shape index (κ2) is 6.89. The normalized spacial score (nSPS) is 10.2. The zero-order valence-corrected chi connectivity index (χ0v) is 13.2. The van der Waals surface area contributed by atoms with E-state index in [9.17, 15) is 4.79 Å². The van der Waals surface area contributed by atoms with Crippen LogP contribution in [0.2, 0.25) is 10.0 Å². The van der Waals surface area contributed by atoms with Crippen LogP contribution in [-0.4, -0.2) is 10.9 Å². The maximum absolute atomic E-state index is 12.1. The number of nitrogens with two attached hydrogens (primary N) is 1. The summed E-state index contributed by atoms with van der Waals surface area (Å²) < 4.78 is 0. The fourth-order valence-corrected chi connectivity index (χ4v) is 2.46. The van der Waals surface area contributed by atoms with Gasteiger partial charge in [0, 0.05) is 27.7 Å². The van der Waals surface area contributed by atoms with Crippen molar-refractivity contribution in [2.24, 2.45) is 5.73 Å². The van der Waals surface area contributed by atoms with Crippen LogP contribution in [0.25, 0.3) is 0 Å². The monoisotopic (exact) mass is 338 g/mol. The minimum atomic E-state index is -0.250. The maximum Gasteiger partial charge on any atom is 0.251 e. The zero-order valence-electron chi connectivity index (χ0n) is 10.9. The van der Waals surface area contributed by atoms with E-state index in [-0.39, 0.29) is 5.91 Å². The first kappa shape index (κ1) is 15.8. The Hall–Kier alpha value is -1.62. The third-order valence-corrected chi connectivity index (χ3v) is 3.46. The molecule has 0 saturated carbocycles. The van der Waals surface area contributed by atoms with Crippen LogP contribution in [0.15, 0.2) is 42.5 Å². The van der Waals surface area contributed by atoms with Crippen LogP contribution in [0.4, 0.5) is 0 Å². The van der Waals surface area contributed by atoms with Gasteiger partial charge >= 0.3 is 0 Å². The van der Waals surface area contributed by atoms with E-state index >= 15 is 0 Å². The lowest BCUT2D eigenvalue weighted by atomic mass is 10.1. The van der Waals surface area contributed by atoms with Crippen molar-refractivity contribution < 1.29 is 4.79 Å². The Morgan fingerprint density at radius 3 is 2.38 bits per heavy atom. The third kappa shape index (κ3) is 4.43. The molecule has 2 aromatic carbocycles. The number of halogens is 2. The highest BCUT2D eigenvalue weighted by atomic mass is 35.5. The van der Waals surface area contributed by atoms with E-state index in [0.717, 1.165) is 11.1 Å². The van der Waals surface area contributed by atoms with E-state index in [1.165, 1.54) is 0 Å². The van der Waals surface area contributed by atoms with Gasteiger partial charge in [-0.1, -0.05) is 53.6 Å². The summed E-state index contributed by atoms with van der Waals surface area (Å²) in [6.07, 6.45) is 0. The number of carbonyl (C=O) groups is 1. The summed E-state index contributed by atoms with van der Waals surface area (Å²) in [4.78, 5) is 12.4. The van der Waals surface area contributed by atoms with Crippen LogP contribution in [-0.2, 0) is 6.54 Å². The predicted octanol–water partition coefficient (Wildman–Crippen LogP) is 3.56. The van der Waals surface area contributed by atoms with Gasteiger partial charge in [-0.25, -0.2) is 0 Å². The Morgan fingerprint density at radius 1 is 1.10 bits per heavy atom. The molecule has 21 heavy (non-hydrogen) atoms. The lowest BCUT2D eigenvalue weighted by Gasteiger charge is -2.07. The van der Waals surface area contributed by atoms with Crippen molar-refractivity contribution >= 4 is 46.3 Å². The number of thiocarbonyl (C=S) groups is 1. The van der Waals surface area contributed by atoms with Gasteiger partial charge in [0.25, 0.3) is 5.91 Å². The SMILES string of the molecule is NC(=S)c1cccc(CNC(=O)c2cc(Cl)cc(Cl)c2)c1. The minimum Gasteiger partial charge on any atom is -0.389 e. The Bertz CT molecular complexity index is 684. The number of carbonyl (C=O) groups excluding carboxylic acids is 1. The van der Waals surface area contributed by atoms with Crippen LogP contribution < -0.4 is 11.1 Å². The molecule has 0 aliphatic heterocycles.